The summed E-state index contributed by atoms with van der Waals surface area (Å²) in [5, 5.41) is 11.6. The zero-order valence-electron chi connectivity index (χ0n) is 11.6. The van der Waals surface area contributed by atoms with E-state index in [9.17, 15) is 9.59 Å². The van der Waals surface area contributed by atoms with Crippen molar-refractivity contribution in [3.63, 3.8) is 0 Å². The van der Waals surface area contributed by atoms with Crippen LogP contribution >= 0.6 is 11.8 Å². The minimum atomic E-state index is -0.998. The van der Waals surface area contributed by atoms with Crippen molar-refractivity contribution in [3.05, 3.63) is 29.8 Å². The molecule has 1 atom stereocenters. The molecular weight excluding hydrogens is 278 g/mol. The molecule has 1 amide bonds. The van der Waals surface area contributed by atoms with E-state index in [0.717, 1.165) is 11.3 Å². The second-order valence-corrected chi connectivity index (χ2v) is 5.25. The predicted octanol–water partition coefficient (Wildman–Crippen LogP) is 1.56. The number of methoxy groups -OCH3 is 1. The third-order valence-corrected chi connectivity index (χ3v) is 3.41. The number of carboxylic acids is 1. The van der Waals surface area contributed by atoms with Crippen molar-refractivity contribution in [2.45, 2.75) is 18.9 Å². The second-order valence-electron chi connectivity index (χ2n) is 4.26. The fourth-order valence-corrected chi connectivity index (χ4v) is 2.14. The lowest BCUT2D eigenvalue weighted by Crippen LogP contribution is -2.41. The largest absolute Gasteiger partial charge is 0.497 e. The molecular formula is C14H19NO4S. The fraction of sp³-hybridized carbons (Fsp3) is 0.429. The first-order valence-electron chi connectivity index (χ1n) is 6.21. The molecule has 6 heteroatoms. The normalized spacial score (nSPS) is 11.7. The number of amides is 1. The lowest BCUT2D eigenvalue weighted by Gasteiger charge is -2.14. The molecule has 2 N–H and O–H groups in total. The monoisotopic (exact) mass is 297 g/mol. The first kappa shape index (κ1) is 16.4. The van der Waals surface area contributed by atoms with Crippen molar-refractivity contribution in [1.29, 1.82) is 0 Å². The highest BCUT2D eigenvalue weighted by Gasteiger charge is 2.19. The first-order chi connectivity index (χ1) is 9.56. The number of rotatable bonds is 8. The smallest absolute Gasteiger partial charge is 0.326 e. The van der Waals surface area contributed by atoms with Crippen LogP contribution in [0, 0.1) is 0 Å². The van der Waals surface area contributed by atoms with E-state index in [1.54, 1.807) is 43.1 Å². The summed E-state index contributed by atoms with van der Waals surface area (Å²) in [4.78, 5) is 22.9. The number of benzene rings is 1. The summed E-state index contributed by atoms with van der Waals surface area (Å²) in [5.41, 5.74) is 0.817. The molecule has 0 aliphatic heterocycles. The molecule has 0 radical (unpaired) electrons. The van der Waals surface area contributed by atoms with Gasteiger partial charge in [-0.1, -0.05) is 12.1 Å². The van der Waals surface area contributed by atoms with Gasteiger partial charge in [0.2, 0.25) is 5.91 Å². The minimum Gasteiger partial charge on any atom is -0.497 e. The number of carbonyl (C=O) groups excluding carboxylic acids is 1. The van der Waals surface area contributed by atoms with Gasteiger partial charge in [-0.15, -0.1) is 0 Å². The van der Waals surface area contributed by atoms with Gasteiger partial charge in [-0.3, -0.25) is 4.79 Å². The molecule has 0 aliphatic carbocycles. The molecule has 0 aliphatic rings. The maximum Gasteiger partial charge on any atom is 0.326 e. The third kappa shape index (κ3) is 5.52. The summed E-state index contributed by atoms with van der Waals surface area (Å²) < 4.78 is 5.03. The van der Waals surface area contributed by atoms with Crippen LogP contribution in [-0.2, 0) is 16.0 Å². The van der Waals surface area contributed by atoms with Crippen LogP contribution in [0.4, 0.5) is 0 Å². The van der Waals surface area contributed by atoms with Crippen LogP contribution < -0.4 is 10.1 Å². The van der Waals surface area contributed by atoms with E-state index < -0.39 is 12.0 Å². The lowest BCUT2D eigenvalue weighted by molar-refractivity contribution is -0.141. The Morgan fingerprint density at radius 3 is 2.50 bits per heavy atom. The maximum atomic E-state index is 11.8. The van der Waals surface area contributed by atoms with Gasteiger partial charge in [0.15, 0.2) is 0 Å². The van der Waals surface area contributed by atoms with Crippen molar-refractivity contribution in [2.24, 2.45) is 0 Å². The number of nitrogens with one attached hydrogen (secondary N) is 1. The Bertz CT molecular complexity index is 447. The molecule has 1 unspecified atom stereocenters. The van der Waals surface area contributed by atoms with Crippen LogP contribution in [-0.4, -0.2) is 42.1 Å². The van der Waals surface area contributed by atoms with E-state index in [-0.39, 0.29) is 12.3 Å². The number of carboxylic acid groups (broad SMARTS) is 1. The van der Waals surface area contributed by atoms with E-state index in [1.165, 1.54) is 0 Å². The number of thioether (sulfide) groups is 1. The first-order valence-corrected chi connectivity index (χ1v) is 7.60. The molecule has 0 fully saturated rings. The number of hydrogen-bond donors (Lipinski definition) is 2. The van der Waals surface area contributed by atoms with Crippen LogP contribution in [0.2, 0.25) is 0 Å². The van der Waals surface area contributed by atoms with Gasteiger partial charge in [-0.2, -0.15) is 11.8 Å². The van der Waals surface area contributed by atoms with Gasteiger partial charge in [-0.25, -0.2) is 4.79 Å². The summed E-state index contributed by atoms with van der Waals surface area (Å²) >= 11 is 1.55. The number of carbonyl (C=O) groups is 2. The zero-order valence-corrected chi connectivity index (χ0v) is 12.4. The van der Waals surface area contributed by atoms with Gasteiger partial charge < -0.3 is 15.2 Å². The molecule has 20 heavy (non-hydrogen) atoms. The Kier molecular flexibility index (Phi) is 6.93. The SMILES string of the molecule is COc1ccc(CC(=O)NC(CCSC)C(=O)O)cc1. The summed E-state index contributed by atoms with van der Waals surface area (Å²) in [6.07, 6.45) is 2.48. The third-order valence-electron chi connectivity index (χ3n) is 2.77. The van der Waals surface area contributed by atoms with Crippen molar-refractivity contribution in [2.75, 3.05) is 19.1 Å². The van der Waals surface area contributed by atoms with Crippen molar-refractivity contribution >= 4 is 23.6 Å². The van der Waals surface area contributed by atoms with Crippen LogP contribution in [0.15, 0.2) is 24.3 Å². The van der Waals surface area contributed by atoms with E-state index >= 15 is 0 Å². The van der Waals surface area contributed by atoms with E-state index in [4.69, 9.17) is 9.84 Å². The van der Waals surface area contributed by atoms with E-state index in [2.05, 4.69) is 5.32 Å². The van der Waals surface area contributed by atoms with Crippen molar-refractivity contribution < 1.29 is 19.4 Å². The molecule has 0 heterocycles. The van der Waals surface area contributed by atoms with E-state index in [0.29, 0.717) is 12.2 Å². The van der Waals surface area contributed by atoms with Crippen LogP contribution in [0.25, 0.3) is 0 Å². The van der Waals surface area contributed by atoms with E-state index in [1.807, 2.05) is 6.26 Å². The summed E-state index contributed by atoms with van der Waals surface area (Å²) in [6.45, 7) is 0. The zero-order chi connectivity index (χ0) is 15.0. The standard InChI is InChI=1S/C14H19NO4S/c1-19-11-5-3-10(4-6-11)9-13(16)15-12(14(17)18)7-8-20-2/h3-6,12H,7-9H2,1-2H3,(H,15,16)(H,17,18). The second kappa shape index (κ2) is 8.47. The molecule has 0 saturated carbocycles. The molecule has 0 bridgehead atoms. The predicted molar refractivity (Wildman–Crippen MR) is 79.3 cm³/mol. The molecule has 0 aromatic heterocycles. The molecule has 0 saturated heterocycles. The molecule has 1 aromatic carbocycles. The summed E-state index contributed by atoms with van der Waals surface area (Å²) in [6, 6.07) is 6.29. The average molecular weight is 297 g/mol. The van der Waals surface area contributed by atoms with Gasteiger partial charge in [0.05, 0.1) is 13.5 Å². The minimum absolute atomic E-state index is 0.160. The molecule has 0 spiro atoms. The van der Waals surface area contributed by atoms with Gasteiger partial charge in [-0.05, 0) is 36.1 Å². The quantitative estimate of drug-likeness (QED) is 0.761. The van der Waals surface area contributed by atoms with Crippen LogP contribution in [0.1, 0.15) is 12.0 Å². The highest BCUT2D eigenvalue weighted by atomic mass is 32.2. The lowest BCUT2D eigenvalue weighted by atomic mass is 10.1. The van der Waals surface area contributed by atoms with Gasteiger partial charge >= 0.3 is 5.97 Å². The van der Waals surface area contributed by atoms with Gasteiger partial charge in [0.1, 0.15) is 11.8 Å². The highest BCUT2D eigenvalue weighted by Crippen LogP contribution is 2.11. The van der Waals surface area contributed by atoms with Crippen LogP contribution in [0.5, 0.6) is 5.75 Å². The Hall–Kier alpha value is -1.69. The van der Waals surface area contributed by atoms with Crippen LogP contribution in [0.3, 0.4) is 0 Å². The molecule has 1 aromatic rings. The molecule has 1 rings (SSSR count). The average Bonchev–Trinajstić information content (AvgIpc) is 2.44. The number of ether oxygens (including phenoxy) is 1. The van der Waals surface area contributed by atoms with Gasteiger partial charge in [0, 0.05) is 0 Å². The van der Waals surface area contributed by atoms with Crippen molar-refractivity contribution in [3.8, 4) is 5.75 Å². The summed E-state index contributed by atoms with van der Waals surface area (Å²) in [7, 11) is 1.57. The maximum absolute atomic E-state index is 11.8. The Labute approximate surface area is 122 Å². The number of hydrogen-bond acceptors (Lipinski definition) is 4. The Balaban J connectivity index is 2.53. The van der Waals surface area contributed by atoms with Gasteiger partial charge in [0.25, 0.3) is 0 Å². The topological polar surface area (TPSA) is 75.6 Å². The number of aliphatic carboxylic acids is 1. The molecule has 110 valence electrons. The van der Waals surface area contributed by atoms with Crippen molar-refractivity contribution in [1.82, 2.24) is 5.32 Å². The Morgan fingerprint density at radius 1 is 1.35 bits per heavy atom. The molecule has 5 nitrogen and oxygen atoms in total. The Morgan fingerprint density at radius 2 is 2.00 bits per heavy atom. The summed E-state index contributed by atoms with van der Waals surface area (Å²) in [5.74, 6) is 0.128. The highest BCUT2D eigenvalue weighted by molar-refractivity contribution is 7.98. The fourth-order valence-electron chi connectivity index (χ4n) is 1.67.